The van der Waals surface area contributed by atoms with Crippen LogP contribution in [0, 0.1) is 12.8 Å². The van der Waals surface area contributed by atoms with Crippen LogP contribution in [-0.2, 0) is 0 Å². The molecule has 98 valence electrons. The Morgan fingerprint density at radius 1 is 1.41 bits per heavy atom. The first-order valence-corrected chi connectivity index (χ1v) is 8.18. The summed E-state index contributed by atoms with van der Waals surface area (Å²) in [6, 6.07) is 2.84. The summed E-state index contributed by atoms with van der Waals surface area (Å²) in [6.45, 7) is 10.0. The van der Waals surface area contributed by atoms with Gasteiger partial charge in [-0.25, -0.2) is 0 Å². The summed E-state index contributed by atoms with van der Waals surface area (Å²) in [7, 11) is 0. The van der Waals surface area contributed by atoms with Crippen molar-refractivity contribution in [2.24, 2.45) is 5.92 Å². The molecule has 2 atom stereocenters. The third-order valence-electron chi connectivity index (χ3n) is 3.09. The van der Waals surface area contributed by atoms with Crippen LogP contribution in [0.15, 0.2) is 9.85 Å². The average molecular weight is 318 g/mol. The molecule has 2 unspecified atom stereocenters. The van der Waals surface area contributed by atoms with Gasteiger partial charge in [0.15, 0.2) is 0 Å². The van der Waals surface area contributed by atoms with Crippen molar-refractivity contribution in [2.75, 3.05) is 6.54 Å². The van der Waals surface area contributed by atoms with Crippen molar-refractivity contribution < 1.29 is 0 Å². The maximum absolute atomic E-state index is 3.62. The second-order valence-electron chi connectivity index (χ2n) is 4.85. The molecule has 0 aliphatic carbocycles. The molecule has 0 spiro atoms. The van der Waals surface area contributed by atoms with Crippen LogP contribution in [0.1, 0.15) is 56.5 Å². The lowest BCUT2D eigenvalue weighted by Gasteiger charge is -2.20. The highest BCUT2D eigenvalue weighted by molar-refractivity contribution is 9.11. The van der Waals surface area contributed by atoms with Crippen LogP contribution in [0.5, 0.6) is 0 Å². The van der Waals surface area contributed by atoms with Gasteiger partial charge >= 0.3 is 0 Å². The van der Waals surface area contributed by atoms with Gasteiger partial charge in [-0.15, -0.1) is 11.3 Å². The molecule has 0 aliphatic heterocycles. The molecule has 1 heterocycles. The van der Waals surface area contributed by atoms with E-state index in [0.29, 0.717) is 6.04 Å². The molecule has 0 aromatic carbocycles. The summed E-state index contributed by atoms with van der Waals surface area (Å²) in [4.78, 5) is 1.47. The second kappa shape index (κ2) is 7.55. The number of rotatable bonds is 7. The van der Waals surface area contributed by atoms with Gasteiger partial charge in [0.1, 0.15) is 0 Å². The fourth-order valence-corrected chi connectivity index (χ4v) is 3.87. The zero-order chi connectivity index (χ0) is 12.8. The van der Waals surface area contributed by atoms with E-state index in [0.717, 1.165) is 12.5 Å². The molecule has 0 saturated heterocycles. The van der Waals surface area contributed by atoms with Crippen LogP contribution in [0.2, 0.25) is 0 Å². The number of hydrogen-bond donors (Lipinski definition) is 1. The van der Waals surface area contributed by atoms with Gasteiger partial charge in [-0.2, -0.15) is 0 Å². The Hall–Kier alpha value is 0.140. The fourth-order valence-electron chi connectivity index (χ4n) is 2.21. The molecule has 1 N–H and O–H groups in total. The van der Waals surface area contributed by atoms with Gasteiger partial charge in [-0.3, -0.25) is 0 Å². The van der Waals surface area contributed by atoms with Crippen molar-refractivity contribution in [2.45, 2.75) is 53.0 Å². The van der Waals surface area contributed by atoms with E-state index in [1.807, 2.05) is 11.3 Å². The van der Waals surface area contributed by atoms with E-state index < -0.39 is 0 Å². The Bertz CT molecular complexity index is 315. The molecule has 3 heteroatoms. The van der Waals surface area contributed by atoms with Gasteiger partial charge in [-0.1, -0.05) is 33.6 Å². The Morgan fingerprint density at radius 2 is 2.12 bits per heavy atom. The van der Waals surface area contributed by atoms with Crippen molar-refractivity contribution >= 4 is 27.3 Å². The van der Waals surface area contributed by atoms with Gasteiger partial charge in [0, 0.05) is 10.9 Å². The third kappa shape index (κ3) is 4.72. The van der Waals surface area contributed by atoms with Crippen LogP contribution >= 0.6 is 27.3 Å². The fraction of sp³-hybridized carbons (Fsp3) is 0.714. The zero-order valence-electron chi connectivity index (χ0n) is 11.3. The number of nitrogens with one attached hydrogen (secondary N) is 1. The number of halogens is 1. The standard InChI is InChI=1S/C14H24BrNS/c1-5-7-10(3)8-12(16-6-2)13-9-11(4)14(15)17-13/h9-10,12,16H,5-8H2,1-4H3. The smallest absolute Gasteiger partial charge is 0.0731 e. The van der Waals surface area contributed by atoms with E-state index in [-0.39, 0.29) is 0 Å². The van der Waals surface area contributed by atoms with E-state index in [4.69, 9.17) is 0 Å². The monoisotopic (exact) mass is 317 g/mol. The first-order chi connectivity index (χ1) is 8.08. The predicted octanol–water partition coefficient (Wildman–Crippen LogP) is 5.30. The molecule has 1 rings (SSSR count). The molecular formula is C14H24BrNS. The van der Waals surface area contributed by atoms with Crippen LogP contribution in [-0.4, -0.2) is 6.54 Å². The van der Waals surface area contributed by atoms with Crippen LogP contribution in [0.3, 0.4) is 0 Å². The topological polar surface area (TPSA) is 12.0 Å². The Kier molecular flexibility index (Phi) is 6.75. The summed E-state index contributed by atoms with van der Waals surface area (Å²) in [5.74, 6) is 0.797. The van der Waals surface area contributed by atoms with E-state index in [2.05, 4.69) is 55.0 Å². The first kappa shape index (κ1) is 15.2. The van der Waals surface area contributed by atoms with Crippen molar-refractivity contribution in [3.8, 4) is 0 Å². The molecule has 17 heavy (non-hydrogen) atoms. The number of aryl methyl sites for hydroxylation is 1. The SMILES string of the molecule is CCCC(C)CC(NCC)c1cc(C)c(Br)s1. The zero-order valence-corrected chi connectivity index (χ0v) is 13.7. The summed E-state index contributed by atoms with van der Waals surface area (Å²) >= 11 is 5.50. The lowest BCUT2D eigenvalue weighted by atomic mass is 9.96. The second-order valence-corrected chi connectivity index (χ2v) is 7.25. The normalized spacial score (nSPS) is 14.9. The highest BCUT2D eigenvalue weighted by Crippen LogP contribution is 2.34. The number of thiophene rings is 1. The molecule has 0 amide bonds. The lowest BCUT2D eigenvalue weighted by Crippen LogP contribution is -2.22. The minimum atomic E-state index is 0.525. The van der Waals surface area contributed by atoms with Gasteiger partial charge in [0.05, 0.1) is 3.79 Å². The highest BCUT2D eigenvalue weighted by atomic mass is 79.9. The predicted molar refractivity (Wildman–Crippen MR) is 81.9 cm³/mol. The van der Waals surface area contributed by atoms with Gasteiger partial charge in [0.25, 0.3) is 0 Å². The van der Waals surface area contributed by atoms with Crippen LogP contribution < -0.4 is 5.32 Å². The van der Waals surface area contributed by atoms with Crippen molar-refractivity contribution in [3.05, 3.63) is 20.3 Å². The highest BCUT2D eigenvalue weighted by Gasteiger charge is 2.17. The molecule has 1 nitrogen and oxygen atoms in total. The summed E-state index contributed by atoms with van der Waals surface area (Å²) in [5, 5.41) is 3.62. The summed E-state index contributed by atoms with van der Waals surface area (Å²) in [5.41, 5.74) is 1.36. The molecule has 0 aliphatic rings. The molecule has 0 fully saturated rings. The van der Waals surface area contributed by atoms with Crippen LogP contribution in [0.4, 0.5) is 0 Å². The maximum Gasteiger partial charge on any atom is 0.0731 e. The van der Waals surface area contributed by atoms with E-state index in [1.54, 1.807) is 0 Å². The minimum Gasteiger partial charge on any atom is -0.310 e. The van der Waals surface area contributed by atoms with E-state index >= 15 is 0 Å². The van der Waals surface area contributed by atoms with E-state index in [9.17, 15) is 0 Å². The molecule has 0 radical (unpaired) electrons. The largest absolute Gasteiger partial charge is 0.310 e. The Labute approximate surface area is 118 Å². The number of hydrogen-bond acceptors (Lipinski definition) is 2. The molecule has 0 saturated carbocycles. The van der Waals surface area contributed by atoms with Crippen molar-refractivity contribution in [3.63, 3.8) is 0 Å². The van der Waals surface area contributed by atoms with Gasteiger partial charge < -0.3 is 5.32 Å². The molecule has 0 bridgehead atoms. The first-order valence-electron chi connectivity index (χ1n) is 6.57. The maximum atomic E-state index is 3.62. The average Bonchev–Trinajstić information content (AvgIpc) is 2.59. The van der Waals surface area contributed by atoms with Gasteiger partial charge in [-0.05, 0) is 53.4 Å². The molecular weight excluding hydrogens is 294 g/mol. The Morgan fingerprint density at radius 3 is 2.59 bits per heavy atom. The summed E-state index contributed by atoms with van der Waals surface area (Å²) in [6.07, 6.45) is 3.86. The molecule has 1 aromatic rings. The molecule has 1 aromatic heterocycles. The van der Waals surface area contributed by atoms with Gasteiger partial charge in [0.2, 0.25) is 0 Å². The third-order valence-corrected chi connectivity index (χ3v) is 5.34. The van der Waals surface area contributed by atoms with Crippen LogP contribution in [0.25, 0.3) is 0 Å². The minimum absolute atomic E-state index is 0.525. The summed E-state index contributed by atoms with van der Waals surface area (Å²) < 4.78 is 1.28. The van der Waals surface area contributed by atoms with Crippen molar-refractivity contribution in [1.82, 2.24) is 5.32 Å². The van der Waals surface area contributed by atoms with Crippen molar-refractivity contribution in [1.29, 1.82) is 0 Å². The lowest BCUT2D eigenvalue weighted by molar-refractivity contribution is 0.399. The quantitative estimate of drug-likeness (QED) is 0.720. The Balaban J connectivity index is 2.71. The van der Waals surface area contributed by atoms with E-state index in [1.165, 1.54) is 33.5 Å².